The Morgan fingerprint density at radius 3 is 2.75 bits per heavy atom. The summed E-state index contributed by atoms with van der Waals surface area (Å²) in [5.74, 6) is -0.745. The molecule has 0 bridgehead atoms. The number of benzene rings is 1. The van der Waals surface area contributed by atoms with Gasteiger partial charge in [-0.1, -0.05) is 23.7 Å². The molecule has 0 heterocycles. The molecule has 0 saturated carbocycles. The van der Waals surface area contributed by atoms with Crippen molar-refractivity contribution in [1.82, 2.24) is 0 Å². The average Bonchev–Trinajstić information content (AvgIpc) is 2.28. The van der Waals surface area contributed by atoms with Crippen LogP contribution < -0.4 is 0 Å². The van der Waals surface area contributed by atoms with Crippen molar-refractivity contribution in [3.05, 3.63) is 34.3 Å². The zero-order chi connectivity index (χ0) is 12.1. The molecule has 0 aliphatic heterocycles. The van der Waals surface area contributed by atoms with E-state index in [1.54, 1.807) is 18.2 Å². The van der Waals surface area contributed by atoms with Crippen LogP contribution in [0.25, 0.3) is 0 Å². The fourth-order valence-corrected chi connectivity index (χ4v) is 1.70. The molecule has 0 aliphatic carbocycles. The number of halogens is 1. The Hall–Kier alpha value is -1.10. The van der Waals surface area contributed by atoms with Crippen molar-refractivity contribution >= 4 is 17.6 Å². The van der Waals surface area contributed by atoms with Gasteiger partial charge >= 0.3 is 5.97 Å². The lowest BCUT2D eigenvalue weighted by Crippen LogP contribution is -2.16. The number of aliphatic hydroxyl groups excluding tert-OH is 1. The van der Waals surface area contributed by atoms with Crippen LogP contribution in [0.1, 0.15) is 17.2 Å². The average molecular weight is 245 g/mol. The molecule has 1 N–H and O–H groups in total. The molecule has 0 aliphatic rings. The summed E-state index contributed by atoms with van der Waals surface area (Å²) < 4.78 is 9.43. The van der Waals surface area contributed by atoms with Crippen LogP contribution in [-0.4, -0.2) is 25.3 Å². The van der Waals surface area contributed by atoms with Gasteiger partial charge in [0.1, 0.15) is 0 Å². The van der Waals surface area contributed by atoms with E-state index in [9.17, 15) is 9.90 Å². The summed E-state index contributed by atoms with van der Waals surface area (Å²) in [6, 6.07) is 5.06. The van der Waals surface area contributed by atoms with Gasteiger partial charge in [0.15, 0.2) is 6.10 Å². The topological polar surface area (TPSA) is 55.8 Å². The fourth-order valence-electron chi connectivity index (χ4n) is 1.40. The van der Waals surface area contributed by atoms with E-state index in [2.05, 4.69) is 4.74 Å². The van der Waals surface area contributed by atoms with Crippen LogP contribution in [0.4, 0.5) is 0 Å². The van der Waals surface area contributed by atoms with Gasteiger partial charge in [-0.15, -0.1) is 0 Å². The lowest BCUT2D eigenvalue weighted by Gasteiger charge is -2.14. The molecule has 4 nitrogen and oxygen atoms in total. The van der Waals surface area contributed by atoms with Gasteiger partial charge in [0.05, 0.1) is 13.7 Å². The monoisotopic (exact) mass is 244 g/mol. The number of methoxy groups -OCH3 is 2. The highest BCUT2D eigenvalue weighted by Crippen LogP contribution is 2.28. The summed E-state index contributed by atoms with van der Waals surface area (Å²) in [4.78, 5) is 11.2. The maximum absolute atomic E-state index is 11.2. The lowest BCUT2D eigenvalue weighted by atomic mass is 10.0. The molecule has 1 aromatic rings. The molecule has 0 aromatic heterocycles. The van der Waals surface area contributed by atoms with Crippen molar-refractivity contribution < 1.29 is 19.4 Å². The third kappa shape index (κ3) is 2.72. The standard InChI is InChI=1S/C11H13ClO4/c1-15-6-7-4-3-5-8(12)9(7)10(13)11(14)16-2/h3-5,10,13H,6H2,1-2H3. The fraction of sp³-hybridized carbons (Fsp3) is 0.364. The number of carbonyl (C=O) groups excluding carboxylic acids is 1. The van der Waals surface area contributed by atoms with Crippen molar-refractivity contribution in [2.45, 2.75) is 12.7 Å². The Bertz CT molecular complexity index is 378. The van der Waals surface area contributed by atoms with Crippen LogP contribution in [0.5, 0.6) is 0 Å². The Kier molecular flexibility index (Phi) is 4.73. The normalized spacial score (nSPS) is 12.2. The predicted octanol–water partition coefficient (Wildman–Crippen LogP) is 1.69. The SMILES string of the molecule is COCc1cccc(Cl)c1C(O)C(=O)OC. The summed E-state index contributed by atoms with van der Waals surface area (Å²) in [6.07, 6.45) is -1.39. The van der Waals surface area contributed by atoms with Crippen LogP contribution in [0.2, 0.25) is 5.02 Å². The van der Waals surface area contributed by atoms with Crippen molar-refractivity contribution in [3.63, 3.8) is 0 Å². The number of carbonyl (C=O) groups is 1. The number of rotatable bonds is 4. The van der Waals surface area contributed by atoms with E-state index in [0.717, 1.165) is 0 Å². The van der Waals surface area contributed by atoms with E-state index in [-0.39, 0.29) is 6.61 Å². The highest BCUT2D eigenvalue weighted by atomic mass is 35.5. The van der Waals surface area contributed by atoms with E-state index in [1.807, 2.05) is 0 Å². The summed E-state index contributed by atoms with van der Waals surface area (Å²) in [7, 11) is 2.73. The molecule has 88 valence electrons. The first-order valence-electron chi connectivity index (χ1n) is 4.64. The summed E-state index contributed by atoms with van der Waals surface area (Å²) in [5, 5.41) is 10.1. The van der Waals surface area contributed by atoms with Gasteiger partial charge in [-0.05, 0) is 11.6 Å². The molecule has 0 fully saturated rings. The third-order valence-corrected chi connectivity index (χ3v) is 2.47. The third-order valence-electron chi connectivity index (χ3n) is 2.14. The van der Waals surface area contributed by atoms with Crippen LogP contribution in [0.3, 0.4) is 0 Å². The summed E-state index contributed by atoms with van der Waals surface area (Å²) in [5.41, 5.74) is 0.991. The van der Waals surface area contributed by atoms with Crippen molar-refractivity contribution in [2.24, 2.45) is 0 Å². The van der Waals surface area contributed by atoms with Gasteiger partial charge in [-0.3, -0.25) is 0 Å². The maximum atomic E-state index is 11.2. The molecule has 0 radical (unpaired) electrons. The zero-order valence-corrected chi connectivity index (χ0v) is 9.82. The molecule has 1 atom stereocenters. The van der Waals surface area contributed by atoms with Crippen molar-refractivity contribution in [2.75, 3.05) is 14.2 Å². The second-order valence-electron chi connectivity index (χ2n) is 3.17. The van der Waals surface area contributed by atoms with Gasteiger partial charge in [-0.2, -0.15) is 0 Å². The van der Waals surface area contributed by atoms with Crippen molar-refractivity contribution in [1.29, 1.82) is 0 Å². The number of hydrogen-bond donors (Lipinski definition) is 1. The molecule has 1 unspecified atom stereocenters. The first-order valence-corrected chi connectivity index (χ1v) is 5.01. The van der Waals surface area contributed by atoms with Crippen molar-refractivity contribution in [3.8, 4) is 0 Å². The van der Waals surface area contributed by atoms with Crippen LogP contribution in [0, 0.1) is 0 Å². The Labute approximate surface area is 98.7 Å². The van der Waals surface area contributed by atoms with E-state index in [0.29, 0.717) is 16.1 Å². The molecule has 0 spiro atoms. The second kappa shape index (κ2) is 5.84. The molecule has 0 amide bonds. The minimum absolute atomic E-state index is 0.268. The Morgan fingerprint density at radius 2 is 2.19 bits per heavy atom. The summed E-state index contributed by atoms with van der Waals surface area (Å²) in [6.45, 7) is 0.268. The number of hydrogen-bond acceptors (Lipinski definition) is 4. The van der Waals surface area contributed by atoms with E-state index >= 15 is 0 Å². The number of aliphatic hydroxyl groups is 1. The van der Waals surface area contributed by atoms with Gasteiger partial charge in [0.2, 0.25) is 0 Å². The molecule has 1 aromatic carbocycles. The summed E-state index contributed by atoms with van der Waals surface area (Å²) >= 11 is 5.94. The Morgan fingerprint density at radius 1 is 1.50 bits per heavy atom. The quantitative estimate of drug-likeness (QED) is 0.819. The molecular formula is C11H13ClO4. The zero-order valence-electron chi connectivity index (χ0n) is 9.07. The Balaban J connectivity index is 3.13. The first kappa shape index (κ1) is 13.0. The maximum Gasteiger partial charge on any atom is 0.339 e. The number of ether oxygens (including phenoxy) is 2. The highest BCUT2D eigenvalue weighted by molar-refractivity contribution is 6.31. The molecule has 16 heavy (non-hydrogen) atoms. The van der Waals surface area contributed by atoms with E-state index in [1.165, 1.54) is 14.2 Å². The predicted molar refractivity (Wildman–Crippen MR) is 59.1 cm³/mol. The van der Waals surface area contributed by atoms with Gasteiger partial charge in [-0.25, -0.2) is 4.79 Å². The second-order valence-corrected chi connectivity index (χ2v) is 3.58. The smallest absolute Gasteiger partial charge is 0.339 e. The van der Waals surface area contributed by atoms with E-state index < -0.39 is 12.1 Å². The van der Waals surface area contributed by atoms with Crippen LogP contribution in [-0.2, 0) is 20.9 Å². The first-order chi connectivity index (χ1) is 7.61. The minimum atomic E-state index is -1.39. The highest BCUT2D eigenvalue weighted by Gasteiger charge is 2.23. The van der Waals surface area contributed by atoms with E-state index in [4.69, 9.17) is 16.3 Å². The van der Waals surface area contributed by atoms with Gasteiger partial charge < -0.3 is 14.6 Å². The van der Waals surface area contributed by atoms with Gasteiger partial charge in [0.25, 0.3) is 0 Å². The largest absolute Gasteiger partial charge is 0.467 e. The molecule has 0 saturated heterocycles. The number of esters is 1. The molecule has 1 rings (SSSR count). The van der Waals surface area contributed by atoms with Crippen LogP contribution >= 0.6 is 11.6 Å². The molecular weight excluding hydrogens is 232 g/mol. The van der Waals surface area contributed by atoms with Crippen LogP contribution in [0.15, 0.2) is 18.2 Å². The van der Waals surface area contributed by atoms with Gasteiger partial charge in [0, 0.05) is 17.7 Å². The minimum Gasteiger partial charge on any atom is -0.467 e. The molecule has 5 heteroatoms. The lowest BCUT2D eigenvalue weighted by molar-refractivity contribution is -0.150.